The number of hydrogen-bond donors (Lipinski definition) is 2. The number of nitrogens with zero attached hydrogens (tertiary/aromatic N) is 2. The van der Waals surface area contributed by atoms with Gasteiger partial charge in [0.05, 0.1) is 0 Å². The summed E-state index contributed by atoms with van der Waals surface area (Å²) in [6.45, 7) is 0. The lowest BCUT2D eigenvalue weighted by Crippen LogP contribution is -2.39. The average molecular weight is 206 g/mol. The highest BCUT2D eigenvalue weighted by Crippen LogP contribution is 2.37. The molecule has 1 aromatic heterocycles. The third-order valence-electron chi connectivity index (χ3n) is 3.11. The molecule has 0 aliphatic heterocycles. The van der Waals surface area contributed by atoms with Crippen LogP contribution in [-0.2, 0) is 0 Å². The molecule has 80 valence electrons. The molecule has 2 fully saturated rings. The average Bonchev–Trinajstić information content (AvgIpc) is 2.90. The molecule has 2 aliphatic rings. The van der Waals surface area contributed by atoms with Gasteiger partial charge < -0.3 is 5.32 Å². The number of hydrogen-bond acceptors (Lipinski definition) is 3. The molecule has 0 atom stereocenters. The fourth-order valence-corrected chi connectivity index (χ4v) is 1.72. The maximum atomic E-state index is 11.6. The van der Waals surface area contributed by atoms with Gasteiger partial charge in [0, 0.05) is 12.0 Å². The molecule has 3 rings (SSSR count). The second-order valence-electron chi connectivity index (χ2n) is 4.42. The van der Waals surface area contributed by atoms with Crippen LogP contribution in [0.15, 0.2) is 0 Å². The Labute approximate surface area is 87.7 Å². The van der Waals surface area contributed by atoms with Gasteiger partial charge in [-0.25, -0.2) is 4.98 Å². The molecule has 1 heterocycles. The van der Waals surface area contributed by atoms with Crippen LogP contribution in [-0.4, -0.2) is 27.1 Å². The van der Waals surface area contributed by atoms with E-state index >= 15 is 0 Å². The van der Waals surface area contributed by atoms with Crippen molar-refractivity contribution >= 4 is 5.91 Å². The second-order valence-corrected chi connectivity index (χ2v) is 4.42. The summed E-state index contributed by atoms with van der Waals surface area (Å²) in [7, 11) is 0. The largest absolute Gasteiger partial charge is 0.347 e. The van der Waals surface area contributed by atoms with Crippen LogP contribution in [0.4, 0.5) is 0 Å². The molecule has 0 aromatic carbocycles. The van der Waals surface area contributed by atoms with Gasteiger partial charge in [-0.15, -0.1) is 5.10 Å². The predicted octanol–water partition coefficient (Wildman–Crippen LogP) is 0.964. The number of H-pyrrole nitrogens is 1. The number of amides is 1. The first-order valence-corrected chi connectivity index (χ1v) is 5.56. The molecule has 0 radical (unpaired) electrons. The minimum Gasteiger partial charge on any atom is -0.347 e. The number of aromatic amines is 1. The third kappa shape index (κ3) is 1.73. The van der Waals surface area contributed by atoms with E-state index in [2.05, 4.69) is 20.5 Å². The summed E-state index contributed by atoms with van der Waals surface area (Å²) >= 11 is 0. The molecule has 5 nitrogen and oxygen atoms in total. The van der Waals surface area contributed by atoms with Crippen molar-refractivity contribution in [1.82, 2.24) is 20.5 Å². The zero-order valence-corrected chi connectivity index (χ0v) is 8.49. The first-order chi connectivity index (χ1) is 7.33. The highest BCUT2D eigenvalue weighted by Gasteiger charge is 2.29. The monoisotopic (exact) mass is 206 g/mol. The summed E-state index contributed by atoms with van der Waals surface area (Å²) in [6.07, 6.45) is 5.72. The second kappa shape index (κ2) is 3.32. The summed E-state index contributed by atoms with van der Waals surface area (Å²) in [6, 6.07) is 0.348. The van der Waals surface area contributed by atoms with Crippen LogP contribution >= 0.6 is 0 Å². The molecule has 0 spiro atoms. The Morgan fingerprint density at radius 1 is 1.33 bits per heavy atom. The zero-order chi connectivity index (χ0) is 10.3. The van der Waals surface area contributed by atoms with Gasteiger partial charge in [-0.2, -0.15) is 0 Å². The van der Waals surface area contributed by atoms with Crippen molar-refractivity contribution in [3.05, 3.63) is 11.6 Å². The quantitative estimate of drug-likeness (QED) is 0.774. The van der Waals surface area contributed by atoms with Crippen LogP contribution in [0.25, 0.3) is 0 Å². The molecule has 0 bridgehead atoms. The lowest BCUT2D eigenvalue weighted by atomic mass is 9.93. The van der Waals surface area contributed by atoms with Gasteiger partial charge in [0.25, 0.3) is 5.91 Å². The summed E-state index contributed by atoms with van der Waals surface area (Å²) in [5.41, 5.74) is 0. The Morgan fingerprint density at radius 3 is 2.73 bits per heavy atom. The Balaban J connectivity index is 1.65. The van der Waals surface area contributed by atoms with Crippen molar-refractivity contribution < 1.29 is 4.79 Å². The van der Waals surface area contributed by atoms with Crippen LogP contribution in [0.5, 0.6) is 0 Å². The maximum absolute atomic E-state index is 11.6. The van der Waals surface area contributed by atoms with E-state index in [1.807, 2.05) is 0 Å². The van der Waals surface area contributed by atoms with Crippen molar-refractivity contribution in [2.45, 2.75) is 44.1 Å². The molecule has 0 unspecified atom stereocenters. The Kier molecular flexibility index (Phi) is 1.97. The fraction of sp³-hybridized carbons (Fsp3) is 0.700. The highest BCUT2D eigenvalue weighted by atomic mass is 16.2. The van der Waals surface area contributed by atoms with Crippen LogP contribution in [0.2, 0.25) is 0 Å². The molecule has 2 aliphatic carbocycles. The molecule has 0 saturated heterocycles. The first-order valence-electron chi connectivity index (χ1n) is 5.56. The van der Waals surface area contributed by atoms with Crippen LogP contribution in [0, 0.1) is 0 Å². The van der Waals surface area contributed by atoms with Gasteiger partial charge in [-0.3, -0.25) is 9.89 Å². The molecule has 2 saturated carbocycles. The SMILES string of the molecule is O=C(NC1CCC1)c1n[nH]c(C2CC2)n1. The number of aromatic nitrogens is 3. The number of carbonyl (C=O) groups is 1. The number of nitrogens with one attached hydrogen (secondary N) is 2. The summed E-state index contributed by atoms with van der Waals surface area (Å²) in [4.78, 5) is 15.9. The highest BCUT2D eigenvalue weighted by molar-refractivity contribution is 5.90. The van der Waals surface area contributed by atoms with Gasteiger partial charge in [-0.1, -0.05) is 0 Å². The Bertz CT molecular complexity index is 379. The minimum absolute atomic E-state index is 0.136. The smallest absolute Gasteiger partial charge is 0.291 e. The lowest BCUT2D eigenvalue weighted by molar-refractivity contribution is 0.0906. The van der Waals surface area contributed by atoms with Crippen LogP contribution in [0.3, 0.4) is 0 Å². The standard InChI is InChI=1S/C10H14N4O/c15-10(11-7-2-1-3-7)9-12-8(13-14-9)6-4-5-6/h6-7H,1-5H2,(H,11,15)(H,12,13,14). The Morgan fingerprint density at radius 2 is 2.13 bits per heavy atom. The zero-order valence-electron chi connectivity index (χ0n) is 8.49. The van der Waals surface area contributed by atoms with E-state index in [1.54, 1.807) is 0 Å². The predicted molar refractivity (Wildman–Crippen MR) is 53.5 cm³/mol. The van der Waals surface area contributed by atoms with Gasteiger partial charge >= 0.3 is 0 Å². The summed E-state index contributed by atoms with van der Waals surface area (Å²) in [5, 5.41) is 9.70. The Hall–Kier alpha value is -1.39. The molecule has 5 heteroatoms. The topological polar surface area (TPSA) is 70.7 Å². The van der Waals surface area contributed by atoms with Crippen molar-refractivity contribution in [2.24, 2.45) is 0 Å². The van der Waals surface area contributed by atoms with Crippen molar-refractivity contribution in [1.29, 1.82) is 0 Å². The van der Waals surface area contributed by atoms with Crippen molar-refractivity contribution in [2.75, 3.05) is 0 Å². The van der Waals surface area contributed by atoms with Gasteiger partial charge in [0.1, 0.15) is 5.82 Å². The van der Waals surface area contributed by atoms with E-state index in [0.717, 1.165) is 18.7 Å². The normalized spacial score (nSPS) is 21.1. The summed E-state index contributed by atoms with van der Waals surface area (Å²) in [5.74, 6) is 1.54. The van der Waals surface area contributed by atoms with Crippen LogP contribution in [0.1, 0.15) is 54.5 Å². The molecular weight excluding hydrogens is 192 g/mol. The van der Waals surface area contributed by atoms with E-state index in [1.165, 1.54) is 19.3 Å². The van der Waals surface area contributed by atoms with E-state index in [0.29, 0.717) is 17.8 Å². The molecule has 1 amide bonds. The minimum atomic E-state index is -0.136. The van der Waals surface area contributed by atoms with Crippen LogP contribution < -0.4 is 5.32 Å². The van der Waals surface area contributed by atoms with E-state index in [9.17, 15) is 4.79 Å². The van der Waals surface area contributed by atoms with Gasteiger partial charge in [-0.05, 0) is 32.1 Å². The van der Waals surface area contributed by atoms with E-state index in [-0.39, 0.29) is 5.91 Å². The van der Waals surface area contributed by atoms with Crippen molar-refractivity contribution in [3.63, 3.8) is 0 Å². The maximum Gasteiger partial charge on any atom is 0.291 e. The number of carbonyl (C=O) groups excluding carboxylic acids is 1. The summed E-state index contributed by atoms with van der Waals surface area (Å²) < 4.78 is 0. The molecule has 1 aromatic rings. The number of rotatable bonds is 3. The fourth-order valence-electron chi connectivity index (χ4n) is 1.72. The first kappa shape index (κ1) is 8.88. The van der Waals surface area contributed by atoms with Crippen molar-refractivity contribution in [3.8, 4) is 0 Å². The lowest BCUT2D eigenvalue weighted by Gasteiger charge is -2.25. The third-order valence-corrected chi connectivity index (χ3v) is 3.11. The molecular formula is C10H14N4O. The van der Waals surface area contributed by atoms with E-state index < -0.39 is 0 Å². The molecule has 15 heavy (non-hydrogen) atoms. The van der Waals surface area contributed by atoms with E-state index in [4.69, 9.17) is 0 Å². The van der Waals surface area contributed by atoms with Gasteiger partial charge in [0.2, 0.25) is 5.82 Å². The molecule has 2 N–H and O–H groups in total. The van der Waals surface area contributed by atoms with Gasteiger partial charge in [0.15, 0.2) is 0 Å².